The Morgan fingerprint density at radius 1 is 1.11 bits per heavy atom. The second-order valence-corrected chi connectivity index (χ2v) is 9.49. The lowest BCUT2D eigenvalue weighted by molar-refractivity contribution is -0.128. The van der Waals surface area contributed by atoms with Gasteiger partial charge in [-0.1, -0.05) is 19.1 Å². The van der Waals surface area contributed by atoms with E-state index in [0.29, 0.717) is 23.0 Å². The van der Waals surface area contributed by atoms with Crippen LogP contribution in [-0.2, 0) is 22.6 Å². The zero-order chi connectivity index (χ0) is 25.9. The lowest BCUT2D eigenvalue weighted by Gasteiger charge is -2.32. The SMILES string of the molecule is CCc1ccc(N(C(=O)Cn2nnc(-c3ccc(C)o3)n2)[C@@H](C(=O)NC(C)(C)C)c2ccco2)cc1. The largest absolute Gasteiger partial charge is 0.467 e. The number of hydrogen-bond donors (Lipinski definition) is 1. The molecule has 0 saturated heterocycles. The van der Waals surface area contributed by atoms with Crippen molar-refractivity contribution >= 4 is 17.5 Å². The van der Waals surface area contributed by atoms with Gasteiger partial charge >= 0.3 is 0 Å². The highest BCUT2D eigenvalue weighted by Gasteiger charge is 2.36. The third-order valence-electron chi connectivity index (χ3n) is 5.40. The van der Waals surface area contributed by atoms with E-state index in [2.05, 4.69) is 27.7 Å². The summed E-state index contributed by atoms with van der Waals surface area (Å²) in [5, 5.41) is 15.3. The van der Waals surface area contributed by atoms with Crippen LogP contribution in [0.4, 0.5) is 5.69 Å². The van der Waals surface area contributed by atoms with Gasteiger partial charge in [0.1, 0.15) is 18.1 Å². The second kappa shape index (κ2) is 10.2. The number of hydrogen-bond acceptors (Lipinski definition) is 7. The minimum Gasteiger partial charge on any atom is -0.467 e. The number of anilines is 1. The number of rotatable bonds is 8. The Kier molecular flexibility index (Phi) is 7.05. The molecule has 1 aromatic carbocycles. The number of carbonyl (C=O) groups excluding carboxylic acids is 2. The molecular formula is C26H30N6O4. The molecule has 1 N–H and O–H groups in total. The lowest BCUT2D eigenvalue weighted by atomic mass is 10.0. The average Bonchev–Trinajstić information content (AvgIpc) is 3.58. The smallest absolute Gasteiger partial charge is 0.251 e. The van der Waals surface area contributed by atoms with E-state index in [1.54, 1.807) is 24.3 Å². The molecule has 3 heterocycles. The van der Waals surface area contributed by atoms with Crippen LogP contribution in [0.15, 0.2) is 63.6 Å². The Morgan fingerprint density at radius 2 is 1.86 bits per heavy atom. The van der Waals surface area contributed by atoms with Crippen molar-refractivity contribution in [3.05, 3.63) is 71.9 Å². The summed E-state index contributed by atoms with van der Waals surface area (Å²) in [4.78, 5) is 29.9. The molecule has 0 aliphatic heterocycles. The van der Waals surface area contributed by atoms with E-state index in [0.717, 1.165) is 12.0 Å². The van der Waals surface area contributed by atoms with Crippen LogP contribution in [0.5, 0.6) is 0 Å². The number of carbonyl (C=O) groups is 2. The van der Waals surface area contributed by atoms with E-state index in [1.807, 2.05) is 52.0 Å². The molecule has 0 spiro atoms. The van der Waals surface area contributed by atoms with Gasteiger partial charge in [0, 0.05) is 11.2 Å². The number of furan rings is 2. The summed E-state index contributed by atoms with van der Waals surface area (Å²) in [6, 6.07) is 13.4. The molecule has 10 nitrogen and oxygen atoms in total. The van der Waals surface area contributed by atoms with Crippen LogP contribution in [0, 0.1) is 6.92 Å². The Labute approximate surface area is 209 Å². The Bertz CT molecular complexity index is 1320. The molecule has 10 heteroatoms. The third kappa shape index (κ3) is 5.70. The number of aromatic nitrogens is 4. The van der Waals surface area contributed by atoms with Gasteiger partial charge in [0.05, 0.1) is 6.26 Å². The summed E-state index contributed by atoms with van der Waals surface area (Å²) in [7, 11) is 0. The summed E-state index contributed by atoms with van der Waals surface area (Å²) in [5.74, 6) is 0.986. The summed E-state index contributed by atoms with van der Waals surface area (Å²) >= 11 is 0. The minimum atomic E-state index is -1.05. The van der Waals surface area contributed by atoms with Crippen LogP contribution < -0.4 is 10.2 Å². The Morgan fingerprint density at radius 3 is 2.44 bits per heavy atom. The van der Waals surface area contributed by atoms with Gasteiger partial charge in [-0.25, -0.2) is 0 Å². The second-order valence-electron chi connectivity index (χ2n) is 9.49. The van der Waals surface area contributed by atoms with Gasteiger partial charge in [-0.15, -0.1) is 10.2 Å². The van der Waals surface area contributed by atoms with Crippen molar-refractivity contribution in [2.45, 2.75) is 59.2 Å². The zero-order valence-corrected chi connectivity index (χ0v) is 21.1. The van der Waals surface area contributed by atoms with Crippen LogP contribution >= 0.6 is 0 Å². The molecule has 0 aliphatic carbocycles. The van der Waals surface area contributed by atoms with Crippen molar-refractivity contribution < 1.29 is 18.4 Å². The molecule has 36 heavy (non-hydrogen) atoms. The van der Waals surface area contributed by atoms with Gasteiger partial charge in [-0.3, -0.25) is 14.5 Å². The van der Waals surface area contributed by atoms with Gasteiger partial charge in [0.15, 0.2) is 11.8 Å². The maximum absolute atomic E-state index is 13.8. The predicted molar refractivity (Wildman–Crippen MR) is 133 cm³/mol. The van der Waals surface area contributed by atoms with E-state index in [-0.39, 0.29) is 18.3 Å². The quantitative estimate of drug-likeness (QED) is 0.395. The molecule has 2 amide bonds. The molecule has 0 bridgehead atoms. The fourth-order valence-electron chi connectivity index (χ4n) is 3.75. The van der Waals surface area contributed by atoms with Gasteiger partial charge in [-0.2, -0.15) is 4.80 Å². The van der Waals surface area contributed by atoms with Gasteiger partial charge in [-0.05, 0) is 81.3 Å². The highest BCUT2D eigenvalue weighted by molar-refractivity contribution is 6.01. The number of nitrogens with one attached hydrogen (secondary N) is 1. The highest BCUT2D eigenvalue weighted by atomic mass is 16.3. The molecule has 0 radical (unpaired) electrons. The lowest BCUT2D eigenvalue weighted by Crippen LogP contribution is -2.50. The number of tetrazole rings is 1. The van der Waals surface area contributed by atoms with Crippen LogP contribution in [0.2, 0.25) is 0 Å². The first-order chi connectivity index (χ1) is 17.1. The first-order valence-electron chi connectivity index (χ1n) is 11.8. The normalized spacial score (nSPS) is 12.4. The molecule has 188 valence electrons. The van der Waals surface area contributed by atoms with Gasteiger partial charge < -0.3 is 14.2 Å². The molecule has 0 aliphatic rings. The van der Waals surface area contributed by atoms with Crippen molar-refractivity contribution in [1.29, 1.82) is 0 Å². The molecule has 0 saturated carbocycles. The van der Waals surface area contributed by atoms with E-state index in [1.165, 1.54) is 16.0 Å². The fraction of sp³-hybridized carbons (Fsp3) is 0.346. The molecular weight excluding hydrogens is 460 g/mol. The molecule has 0 unspecified atom stereocenters. The fourth-order valence-corrected chi connectivity index (χ4v) is 3.75. The monoisotopic (exact) mass is 490 g/mol. The number of benzene rings is 1. The van der Waals surface area contributed by atoms with E-state index < -0.39 is 17.5 Å². The number of aryl methyl sites for hydroxylation is 2. The van der Waals surface area contributed by atoms with Crippen LogP contribution in [0.1, 0.15) is 50.8 Å². The van der Waals surface area contributed by atoms with Crippen molar-refractivity contribution in [3.8, 4) is 11.6 Å². The summed E-state index contributed by atoms with van der Waals surface area (Å²) in [6.07, 6.45) is 2.32. The average molecular weight is 491 g/mol. The van der Waals surface area contributed by atoms with Crippen LogP contribution in [-0.4, -0.2) is 37.6 Å². The molecule has 4 rings (SSSR count). The number of amides is 2. The third-order valence-corrected chi connectivity index (χ3v) is 5.40. The zero-order valence-electron chi connectivity index (χ0n) is 21.1. The molecule has 3 aromatic heterocycles. The highest BCUT2D eigenvalue weighted by Crippen LogP contribution is 2.30. The molecule has 1 atom stereocenters. The summed E-state index contributed by atoms with van der Waals surface area (Å²) in [5.41, 5.74) is 1.13. The van der Waals surface area contributed by atoms with E-state index in [9.17, 15) is 9.59 Å². The summed E-state index contributed by atoms with van der Waals surface area (Å²) in [6.45, 7) is 9.25. The molecule has 4 aromatic rings. The van der Waals surface area contributed by atoms with Crippen molar-refractivity contribution in [3.63, 3.8) is 0 Å². The first kappa shape index (κ1) is 24.9. The van der Waals surface area contributed by atoms with Crippen molar-refractivity contribution in [1.82, 2.24) is 25.5 Å². The van der Waals surface area contributed by atoms with Crippen molar-refractivity contribution in [2.75, 3.05) is 4.90 Å². The number of nitrogens with zero attached hydrogens (tertiary/aromatic N) is 5. The van der Waals surface area contributed by atoms with E-state index >= 15 is 0 Å². The predicted octanol–water partition coefficient (Wildman–Crippen LogP) is 4.09. The van der Waals surface area contributed by atoms with Crippen molar-refractivity contribution in [2.24, 2.45) is 0 Å². The Hall–Kier alpha value is -4.21. The van der Waals surface area contributed by atoms with E-state index in [4.69, 9.17) is 8.83 Å². The van der Waals surface area contributed by atoms with Crippen LogP contribution in [0.3, 0.4) is 0 Å². The first-order valence-corrected chi connectivity index (χ1v) is 11.8. The maximum Gasteiger partial charge on any atom is 0.251 e. The topological polar surface area (TPSA) is 119 Å². The standard InChI is InChI=1S/C26H30N6O4/c1-6-18-10-12-19(13-11-18)32(23(20-8-7-15-35-20)25(34)27-26(3,4)5)22(33)16-31-29-24(28-30-31)21-14-9-17(2)36-21/h7-15,23H,6,16H2,1-5H3,(H,27,34)/t23-/m1/s1. The van der Waals surface area contributed by atoms with Crippen LogP contribution in [0.25, 0.3) is 11.6 Å². The Balaban J connectivity index is 1.71. The minimum absolute atomic E-state index is 0.248. The van der Waals surface area contributed by atoms with Gasteiger partial charge in [0.25, 0.3) is 11.8 Å². The summed E-state index contributed by atoms with van der Waals surface area (Å²) < 4.78 is 11.2. The maximum atomic E-state index is 13.8. The molecule has 0 fully saturated rings. The van der Waals surface area contributed by atoms with Gasteiger partial charge in [0.2, 0.25) is 5.82 Å².